The van der Waals surface area contributed by atoms with E-state index in [9.17, 15) is 9.59 Å². The number of carbonyl (C=O) groups excluding carboxylic acids is 1. The third-order valence-electron chi connectivity index (χ3n) is 3.41. The number of hydrogen-bond donors (Lipinski definition) is 2. The van der Waals surface area contributed by atoms with E-state index in [0.29, 0.717) is 5.56 Å². The fourth-order valence-electron chi connectivity index (χ4n) is 2.32. The quantitative estimate of drug-likeness (QED) is 0.567. The average molecular weight is 279 g/mol. The lowest BCUT2D eigenvalue weighted by molar-refractivity contribution is -0.135. The van der Waals surface area contributed by atoms with Gasteiger partial charge < -0.3 is 10.1 Å². The Morgan fingerprint density at radius 3 is 2.38 bits per heavy atom. The number of fused-ring (bicyclic) bond motifs is 1. The molecule has 2 N–H and O–H groups in total. The highest BCUT2D eigenvalue weighted by Crippen LogP contribution is 2.24. The minimum absolute atomic E-state index is 0.380. The SMILES string of the molecule is O=C(O)CC(=O)c1ccc(-c2ccc3[nH]ccc3c2)cc1. The zero-order chi connectivity index (χ0) is 14.8. The van der Waals surface area contributed by atoms with Crippen molar-refractivity contribution < 1.29 is 14.7 Å². The summed E-state index contributed by atoms with van der Waals surface area (Å²) in [4.78, 5) is 25.3. The second-order valence-corrected chi connectivity index (χ2v) is 4.85. The molecule has 0 amide bonds. The van der Waals surface area contributed by atoms with Gasteiger partial charge >= 0.3 is 5.97 Å². The number of aliphatic carboxylic acids is 1. The number of nitrogens with one attached hydrogen (secondary N) is 1. The molecule has 4 nitrogen and oxygen atoms in total. The molecule has 3 aromatic rings. The number of aromatic amines is 1. The van der Waals surface area contributed by atoms with Crippen LogP contribution in [0.3, 0.4) is 0 Å². The molecular formula is C17H13NO3. The highest BCUT2D eigenvalue weighted by molar-refractivity contribution is 6.05. The summed E-state index contributed by atoms with van der Waals surface area (Å²) in [5, 5.41) is 9.76. The second-order valence-electron chi connectivity index (χ2n) is 4.85. The van der Waals surface area contributed by atoms with Gasteiger partial charge in [0.25, 0.3) is 0 Å². The maximum atomic E-state index is 11.7. The van der Waals surface area contributed by atoms with Crippen LogP contribution in [0.25, 0.3) is 22.0 Å². The Morgan fingerprint density at radius 2 is 1.67 bits per heavy atom. The zero-order valence-corrected chi connectivity index (χ0v) is 11.2. The van der Waals surface area contributed by atoms with Crippen molar-refractivity contribution in [3.63, 3.8) is 0 Å². The van der Waals surface area contributed by atoms with Crippen LogP contribution >= 0.6 is 0 Å². The van der Waals surface area contributed by atoms with Gasteiger partial charge in [-0.2, -0.15) is 0 Å². The van der Waals surface area contributed by atoms with Crippen LogP contribution < -0.4 is 0 Å². The molecule has 0 spiro atoms. The maximum Gasteiger partial charge on any atom is 0.311 e. The van der Waals surface area contributed by atoms with E-state index in [2.05, 4.69) is 11.1 Å². The molecule has 0 aliphatic heterocycles. The first kappa shape index (κ1) is 13.1. The molecule has 2 aromatic carbocycles. The molecule has 0 saturated heterocycles. The first-order chi connectivity index (χ1) is 10.1. The van der Waals surface area contributed by atoms with E-state index in [-0.39, 0.29) is 5.78 Å². The van der Waals surface area contributed by atoms with Gasteiger partial charge in [0, 0.05) is 17.3 Å². The molecule has 3 rings (SSSR count). The van der Waals surface area contributed by atoms with Crippen LogP contribution in [0.5, 0.6) is 0 Å². The zero-order valence-electron chi connectivity index (χ0n) is 11.2. The van der Waals surface area contributed by atoms with Gasteiger partial charge in [0.05, 0.1) is 0 Å². The predicted molar refractivity (Wildman–Crippen MR) is 80.3 cm³/mol. The topological polar surface area (TPSA) is 70.2 Å². The Kier molecular flexibility index (Phi) is 3.28. The smallest absolute Gasteiger partial charge is 0.311 e. The molecule has 0 saturated carbocycles. The van der Waals surface area contributed by atoms with Crippen molar-refractivity contribution in [3.8, 4) is 11.1 Å². The lowest BCUT2D eigenvalue weighted by Gasteiger charge is -2.04. The van der Waals surface area contributed by atoms with Crippen molar-refractivity contribution in [2.24, 2.45) is 0 Å². The maximum absolute atomic E-state index is 11.7. The van der Waals surface area contributed by atoms with Gasteiger partial charge in [0.2, 0.25) is 0 Å². The summed E-state index contributed by atoms with van der Waals surface area (Å²) >= 11 is 0. The molecule has 0 bridgehead atoms. The summed E-state index contributed by atoms with van der Waals surface area (Å²) in [6, 6.07) is 15.1. The average Bonchev–Trinajstić information content (AvgIpc) is 2.94. The van der Waals surface area contributed by atoms with E-state index in [1.807, 2.05) is 36.5 Å². The Balaban J connectivity index is 1.89. The summed E-state index contributed by atoms with van der Waals surface area (Å²) in [5.41, 5.74) is 3.54. The van der Waals surface area contributed by atoms with Crippen LogP contribution in [0.1, 0.15) is 16.8 Å². The van der Waals surface area contributed by atoms with E-state index < -0.39 is 12.4 Å². The van der Waals surface area contributed by atoms with E-state index in [0.717, 1.165) is 22.0 Å². The Bertz CT molecular complexity index is 815. The number of ketones is 1. The number of carbonyl (C=O) groups is 2. The number of hydrogen-bond acceptors (Lipinski definition) is 2. The van der Waals surface area contributed by atoms with E-state index in [4.69, 9.17) is 5.11 Å². The summed E-state index contributed by atoms with van der Waals surface area (Å²) in [5.74, 6) is -1.49. The van der Waals surface area contributed by atoms with Crippen molar-refractivity contribution in [2.45, 2.75) is 6.42 Å². The van der Waals surface area contributed by atoms with Gasteiger partial charge in [-0.05, 0) is 34.7 Å². The van der Waals surface area contributed by atoms with E-state index >= 15 is 0 Å². The van der Waals surface area contributed by atoms with Gasteiger partial charge in [-0.1, -0.05) is 30.3 Å². The molecule has 0 atom stereocenters. The number of benzene rings is 2. The van der Waals surface area contributed by atoms with Crippen LogP contribution in [0.2, 0.25) is 0 Å². The van der Waals surface area contributed by atoms with Crippen LogP contribution in [-0.4, -0.2) is 21.8 Å². The molecule has 1 aromatic heterocycles. The molecule has 0 fully saturated rings. The van der Waals surface area contributed by atoms with Gasteiger partial charge in [0.15, 0.2) is 5.78 Å². The summed E-state index contributed by atoms with van der Waals surface area (Å²) < 4.78 is 0. The molecule has 0 unspecified atom stereocenters. The minimum Gasteiger partial charge on any atom is -0.481 e. The fraction of sp³-hybridized carbons (Fsp3) is 0.0588. The number of carboxylic acids is 1. The Labute approximate surface area is 121 Å². The second kappa shape index (κ2) is 5.25. The Hall–Kier alpha value is -2.88. The van der Waals surface area contributed by atoms with Crippen LogP contribution in [0, 0.1) is 0 Å². The van der Waals surface area contributed by atoms with Crippen LogP contribution in [-0.2, 0) is 4.79 Å². The molecular weight excluding hydrogens is 266 g/mol. The number of Topliss-reactive ketones (excluding diaryl/α,β-unsaturated/α-hetero) is 1. The largest absolute Gasteiger partial charge is 0.481 e. The lowest BCUT2D eigenvalue weighted by Crippen LogP contribution is -2.06. The summed E-state index contributed by atoms with van der Waals surface area (Å²) in [6.07, 6.45) is 1.41. The molecule has 4 heteroatoms. The van der Waals surface area contributed by atoms with E-state index in [1.54, 1.807) is 12.1 Å². The molecule has 0 aliphatic rings. The lowest BCUT2D eigenvalue weighted by atomic mass is 10.0. The molecule has 21 heavy (non-hydrogen) atoms. The number of carboxylic acid groups (broad SMARTS) is 1. The van der Waals surface area contributed by atoms with Gasteiger partial charge in [-0.15, -0.1) is 0 Å². The van der Waals surface area contributed by atoms with Gasteiger partial charge in [0.1, 0.15) is 6.42 Å². The highest BCUT2D eigenvalue weighted by atomic mass is 16.4. The van der Waals surface area contributed by atoms with E-state index in [1.165, 1.54) is 0 Å². The number of H-pyrrole nitrogens is 1. The standard InChI is InChI=1S/C17H13NO3/c19-16(10-17(20)21)12-3-1-11(2-4-12)13-5-6-15-14(9-13)7-8-18-15/h1-9,18H,10H2,(H,20,21). The number of rotatable bonds is 4. The van der Waals surface area contributed by atoms with Crippen molar-refractivity contribution in [1.82, 2.24) is 4.98 Å². The first-order valence-corrected chi connectivity index (χ1v) is 6.56. The highest BCUT2D eigenvalue weighted by Gasteiger charge is 2.10. The molecule has 0 aliphatic carbocycles. The molecule has 104 valence electrons. The summed E-state index contributed by atoms with van der Waals surface area (Å²) in [6.45, 7) is 0. The van der Waals surface area contributed by atoms with Crippen molar-refractivity contribution in [3.05, 3.63) is 60.3 Å². The van der Waals surface area contributed by atoms with Crippen LogP contribution in [0.4, 0.5) is 0 Å². The number of aromatic nitrogens is 1. The minimum atomic E-state index is -1.11. The predicted octanol–water partition coefficient (Wildman–Crippen LogP) is 3.49. The van der Waals surface area contributed by atoms with Gasteiger partial charge in [-0.25, -0.2) is 0 Å². The third-order valence-corrected chi connectivity index (χ3v) is 3.41. The Morgan fingerprint density at radius 1 is 0.952 bits per heavy atom. The molecule has 1 heterocycles. The monoisotopic (exact) mass is 279 g/mol. The normalized spacial score (nSPS) is 10.7. The van der Waals surface area contributed by atoms with Crippen molar-refractivity contribution in [1.29, 1.82) is 0 Å². The van der Waals surface area contributed by atoms with Crippen molar-refractivity contribution in [2.75, 3.05) is 0 Å². The summed E-state index contributed by atoms with van der Waals surface area (Å²) in [7, 11) is 0. The van der Waals surface area contributed by atoms with Gasteiger partial charge in [-0.3, -0.25) is 9.59 Å². The third kappa shape index (κ3) is 2.69. The molecule has 0 radical (unpaired) electrons. The first-order valence-electron chi connectivity index (χ1n) is 6.56. The van der Waals surface area contributed by atoms with Crippen LogP contribution in [0.15, 0.2) is 54.7 Å². The van der Waals surface area contributed by atoms with Crippen molar-refractivity contribution >= 4 is 22.7 Å². The fourth-order valence-corrected chi connectivity index (χ4v) is 2.32.